The smallest absolute Gasteiger partial charge is 0.250 e. The molecular weight excluding hydrogens is 257 g/mol. The molecule has 2 rings (SSSR count). The topological polar surface area (TPSA) is 81.1 Å². The minimum absolute atomic E-state index is 0.0793. The van der Waals surface area contributed by atoms with Gasteiger partial charge in [-0.05, 0) is 30.9 Å². The first-order valence-electron chi connectivity index (χ1n) is 7.16. The lowest BCUT2D eigenvalue weighted by Crippen LogP contribution is -2.27. The minimum Gasteiger partial charge on any atom is -0.398 e. The van der Waals surface area contributed by atoms with Gasteiger partial charge in [-0.1, -0.05) is 26.2 Å². The molecule has 110 valence electrons. The van der Waals surface area contributed by atoms with E-state index in [1.54, 1.807) is 0 Å². The van der Waals surface area contributed by atoms with Crippen LogP contribution in [0.4, 0.5) is 15.8 Å². The van der Waals surface area contributed by atoms with E-state index in [9.17, 15) is 9.18 Å². The van der Waals surface area contributed by atoms with Crippen LogP contribution in [0.5, 0.6) is 0 Å². The molecule has 0 heterocycles. The van der Waals surface area contributed by atoms with Crippen molar-refractivity contribution in [3.05, 3.63) is 23.5 Å². The number of nitrogens with two attached hydrogens (primary N) is 2. The molecule has 0 radical (unpaired) electrons. The fraction of sp³-hybridized carbons (Fsp3) is 0.533. The van der Waals surface area contributed by atoms with Crippen molar-refractivity contribution in [2.45, 2.75) is 45.1 Å². The maximum absolute atomic E-state index is 13.9. The number of rotatable bonds is 4. The molecule has 0 bridgehead atoms. The highest BCUT2D eigenvalue weighted by molar-refractivity contribution is 5.99. The number of benzene rings is 1. The van der Waals surface area contributed by atoms with Gasteiger partial charge in [-0.3, -0.25) is 4.79 Å². The Hall–Kier alpha value is -1.78. The summed E-state index contributed by atoms with van der Waals surface area (Å²) in [4.78, 5) is 11.3. The molecule has 4 nitrogen and oxygen atoms in total. The molecule has 1 fully saturated rings. The summed E-state index contributed by atoms with van der Waals surface area (Å²) in [5, 5.41) is 3.20. The van der Waals surface area contributed by atoms with Gasteiger partial charge >= 0.3 is 0 Å². The summed E-state index contributed by atoms with van der Waals surface area (Å²) < 4.78 is 13.9. The van der Waals surface area contributed by atoms with Gasteiger partial charge in [0.1, 0.15) is 5.82 Å². The molecule has 1 aromatic carbocycles. The van der Waals surface area contributed by atoms with E-state index in [2.05, 4.69) is 12.2 Å². The fourth-order valence-corrected chi connectivity index (χ4v) is 2.93. The highest BCUT2D eigenvalue weighted by Gasteiger charge is 2.22. The van der Waals surface area contributed by atoms with Gasteiger partial charge in [-0.25, -0.2) is 4.39 Å². The predicted molar refractivity (Wildman–Crippen MR) is 79.0 cm³/mol. The third-order valence-corrected chi connectivity index (χ3v) is 4.12. The van der Waals surface area contributed by atoms with E-state index in [4.69, 9.17) is 11.5 Å². The molecule has 1 aliphatic carbocycles. The molecule has 20 heavy (non-hydrogen) atoms. The van der Waals surface area contributed by atoms with Crippen molar-refractivity contribution in [2.75, 3.05) is 11.1 Å². The fourth-order valence-electron chi connectivity index (χ4n) is 2.93. The third kappa shape index (κ3) is 3.21. The summed E-state index contributed by atoms with van der Waals surface area (Å²) >= 11 is 0. The Kier molecular flexibility index (Phi) is 4.47. The van der Waals surface area contributed by atoms with E-state index in [1.165, 1.54) is 12.5 Å². The Morgan fingerprint density at radius 2 is 2.20 bits per heavy atom. The zero-order chi connectivity index (χ0) is 14.7. The molecular formula is C15H22FN3O. The number of hydrogen-bond donors (Lipinski definition) is 3. The van der Waals surface area contributed by atoms with E-state index < -0.39 is 11.7 Å². The van der Waals surface area contributed by atoms with Gasteiger partial charge < -0.3 is 16.8 Å². The molecule has 0 spiro atoms. The lowest BCUT2D eigenvalue weighted by Gasteiger charge is -2.30. The predicted octanol–water partition coefficient (Wildman–Crippen LogP) is 2.89. The normalized spacial score (nSPS) is 22.5. The average molecular weight is 279 g/mol. The van der Waals surface area contributed by atoms with Crippen LogP contribution in [0.15, 0.2) is 12.1 Å². The molecule has 1 aromatic rings. The summed E-state index contributed by atoms with van der Waals surface area (Å²) in [6.45, 7) is 2.18. The van der Waals surface area contributed by atoms with E-state index in [1.807, 2.05) is 0 Å². The first-order valence-corrected chi connectivity index (χ1v) is 7.16. The molecule has 1 amide bonds. The zero-order valence-corrected chi connectivity index (χ0v) is 11.8. The van der Waals surface area contributed by atoms with Gasteiger partial charge in [0.2, 0.25) is 0 Å². The molecule has 2 atom stereocenters. The first-order chi connectivity index (χ1) is 9.51. The average Bonchev–Trinajstić information content (AvgIpc) is 2.41. The molecule has 0 aromatic heterocycles. The number of carbonyl (C=O) groups excluding carboxylic acids is 1. The molecule has 0 aliphatic heterocycles. The molecule has 1 saturated carbocycles. The Labute approximate surface area is 118 Å². The molecule has 5 N–H and O–H groups in total. The monoisotopic (exact) mass is 279 g/mol. The second-order valence-corrected chi connectivity index (χ2v) is 5.57. The van der Waals surface area contributed by atoms with Gasteiger partial charge in [-0.15, -0.1) is 0 Å². The third-order valence-electron chi connectivity index (χ3n) is 4.12. The van der Waals surface area contributed by atoms with Crippen LogP contribution < -0.4 is 16.8 Å². The summed E-state index contributed by atoms with van der Waals surface area (Å²) in [6, 6.07) is 2.82. The van der Waals surface area contributed by atoms with Crippen molar-refractivity contribution in [2.24, 2.45) is 11.7 Å². The number of primary amides is 1. The van der Waals surface area contributed by atoms with Crippen molar-refractivity contribution in [3.63, 3.8) is 0 Å². The van der Waals surface area contributed by atoms with Crippen molar-refractivity contribution in [1.82, 2.24) is 0 Å². The van der Waals surface area contributed by atoms with E-state index in [-0.39, 0.29) is 17.3 Å². The van der Waals surface area contributed by atoms with E-state index in [0.29, 0.717) is 11.6 Å². The molecule has 2 unspecified atom stereocenters. The summed E-state index contributed by atoms with van der Waals surface area (Å²) in [5.74, 6) is -0.388. The maximum atomic E-state index is 13.9. The second-order valence-electron chi connectivity index (χ2n) is 5.57. The lowest BCUT2D eigenvalue weighted by molar-refractivity contribution is 0.100. The number of amides is 1. The number of nitrogen functional groups attached to an aromatic ring is 1. The Morgan fingerprint density at radius 1 is 1.45 bits per heavy atom. The van der Waals surface area contributed by atoms with Crippen LogP contribution >= 0.6 is 0 Å². The maximum Gasteiger partial charge on any atom is 0.250 e. The van der Waals surface area contributed by atoms with Crippen LogP contribution in [0.1, 0.15) is 49.4 Å². The van der Waals surface area contributed by atoms with Gasteiger partial charge in [0.15, 0.2) is 0 Å². The summed E-state index contributed by atoms with van der Waals surface area (Å²) in [5.41, 5.74) is 11.4. The number of carbonyl (C=O) groups is 1. The van der Waals surface area contributed by atoms with E-state index >= 15 is 0 Å². The largest absolute Gasteiger partial charge is 0.398 e. The van der Waals surface area contributed by atoms with Gasteiger partial charge in [-0.2, -0.15) is 0 Å². The van der Waals surface area contributed by atoms with Crippen LogP contribution in [-0.2, 0) is 0 Å². The SMILES string of the molecule is CCC1CCCC(Nc2cc(C(N)=O)c(N)cc2F)C1. The molecule has 1 aliphatic rings. The highest BCUT2D eigenvalue weighted by Crippen LogP contribution is 2.30. The van der Waals surface area contributed by atoms with Crippen LogP contribution in [-0.4, -0.2) is 11.9 Å². The number of anilines is 2. The Morgan fingerprint density at radius 3 is 2.85 bits per heavy atom. The first kappa shape index (κ1) is 14.6. The van der Waals surface area contributed by atoms with Crippen LogP contribution in [0, 0.1) is 11.7 Å². The van der Waals surface area contributed by atoms with Crippen LogP contribution in [0.3, 0.4) is 0 Å². The van der Waals surface area contributed by atoms with Crippen LogP contribution in [0.2, 0.25) is 0 Å². The Balaban J connectivity index is 2.16. The minimum atomic E-state index is -0.638. The Bertz CT molecular complexity index is 504. The van der Waals surface area contributed by atoms with Crippen LogP contribution in [0.25, 0.3) is 0 Å². The van der Waals surface area contributed by atoms with Crippen molar-refractivity contribution in [3.8, 4) is 0 Å². The quantitative estimate of drug-likeness (QED) is 0.741. The van der Waals surface area contributed by atoms with Gasteiger partial charge in [0, 0.05) is 11.7 Å². The van der Waals surface area contributed by atoms with E-state index in [0.717, 1.165) is 31.7 Å². The molecule has 0 saturated heterocycles. The van der Waals surface area contributed by atoms with Crippen molar-refractivity contribution >= 4 is 17.3 Å². The molecule has 5 heteroatoms. The number of nitrogens with one attached hydrogen (secondary N) is 1. The zero-order valence-electron chi connectivity index (χ0n) is 11.8. The van der Waals surface area contributed by atoms with Gasteiger partial charge in [0.05, 0.1) is 11.3 Å². The summed E-state index contributed by atoms with van der Waals surface area (Å²) in [6.07, 6.45) is 5.59. The lowest BCUT2D eigenvalue weighted by atomic mass is 9.84. The highest BCUT2D eigenvalue weighted by atomic mass is 19.1. The second kappa shape index (κ2) is 6.11. The van der Waals surface area contributed by atoms with Crippen molar-refractivity contribution in [1.29, 1.82) is 0 Å². The number of hydrogen-bond acceptors (Lipinski definition) is 3. The summed E-state index contributed by atoms with van der Waals surface area (Å²) in [7, 11) is 0. The standard InChI is InChI=1S/C15H22FN3O/c1-2-9-4-3-5-10(6-9)19-14-7-11(15(18)20)13(17)8-12(14)16/h7-10,19H,2-6,17H2,1H3,(H2,18,20). The van der Waals surface area contributed by atoms with Crippen molar-refractivity contribution < 1.29 is 9.18 Å². The number of halogens is 1. The van der Waals surface area contributed by atoms with Gasteiger partial charge in [0.25, 0.3) is 5.91 Å².